The first-order chi connectivity index (χ1) is 16.4. The van der Waals surface area contributed by atoms with Gasteiger partial charge in [-0.05, 0) is 62.1 Å². The van der Waals surface area contributed by atoms with Crippen molar-refractivity contribution in [1.82, 2.24) is 10.2 Å². The van der Waals surface area contributed by atoms with Crippen LogP contribution in [-0.4, -0.2) is 42.1 Å². The molecule has 1 aliphatic carbocycles. The smallest absolute Gasteiger partial charge is 0.251 e. The molecular formula is C29H36ClN3O2. The molecule has 0 spiro atoms. The van der Waals surface area contributed by atoms with Gasteiger partial charge in [-0.1, -0.05) is 51.4 Å². The van der Waals surface area contributed by atoms with E-state index in [9.17, 15) is 4.79 Å². The molecule has 1 amide bonds. The molecule has 2 aromatic carbocycles. The molecule has 6 heteroatoms. The third kappa shape index (κ3) is 4.79. The highest BCUT2D eigenvalue weighted by Crippen LogP contribution is 2.55. The standard InChI is InChI=1S/C29H36ClN3O2/c1-18(2)33-14-12-19-8-9-21(16-20(19)13-15-33)25(34)32-26-28(3,4)27(29(26,5)6)35-22-10-11-24(31-7)23(30)17-22/h8-11,16-18,26-27H,12-15H2,1-6H3,(H,32,34). The summed E-state index contributed by atoms with van der Waals surface area (Å²) in [6.07, 6.45) is 1.88. The molecule has 35 heavy (non-hydrogen) atoms. The van der Waals surface area contributed by atoms with Gasteiger partial charge < -0.3 is 15.0 Å². The summed E-state index contributed by atoms with van der Waals surface area (Å²) in [5.41, 5.74) is 3.20. The van der Waals surface area contributed by atoms with Gasteiger partial charge in [-0.15, -0.1) is 0 Å². The first-order valence-corrected chi connectivity index (χ1v) is 12.8. The summed E-state index contributed by atoms with van der Waals surface area (Å²) in [5.74, 6) is 0.603. The minimum absolute atomic E-state index is 0.0354. The van der Waals surface area contributed by atoms with Crippen LogP contribution in [0.2, 0.25) is 5.02 Å². The molecule has 0 radical (unpaired) electrons. The highest BCUT2D eigenvalue weighted by Gasteiger charge is 2.64. The average molecular weight is 494 g/mol. The Bertz CT molecular complexity index is 1150. The first kappa shape index (κ1) is 25.5. The molecule has 4 rings (SSSR count). The van der Waals surface area contributed by atoms with Gasteiger partial charge in [-0.3, -0.25) is 4.79 Å². The van der Waals surface area contributed by atoms with Crippen molar-refractivity contribution in [3.05, 3.63) is 69.5 Å². The Hall–Kier alpha value is -2.55. The van der Waals surface area contributed by atoms with Crippen LogP contribution < -0.4 is 10.1 Å². The van der Waals surface area contributed by atoms with Crippen LogP contribution in [0.5, 0.6) is 5.75 Å². The van der Waals surface area contributed by atoms with Crippen molar-refractivity contribution < 1.29 is 9.53 Å². The van der Waals surface area contributed by atoms with E-state index in [-0.39, 0.29) is 28.9 Å². The number of fused-ring (bicyclic) bond motifs is 1. The molecule has 0 atom stereocenters. The molecule has 1 aliphatic heterocycles. The van der Waals surface area contributed by atoms with E-state index < -0.39 is 0 Å². The molecule has 1 N–H and O–H groups in total. The maximum Gasteiger partial charge on any atom is 0.251 e. The molecule has 1 heterocycles. The SMILES string of the molecule is [C-]#[N+]c1ccc(OC2C(C)(C)C(NC(=O)c3ccc4c(c3)CCN(C(C)C)CC4)C2(C)C)cc1Cl. The Kier molecular flexibility index (Phi) is 6.92. The summed E-state index contributed by atoms with van der Waals surface area (Å²) < 4.78 is 6.35. The van der Waals surface area contributed by atoms with Gasteiger partial charge >= 0.3 is 0 Å². The molecule has 2 aromatic rings. The van der Waals surface area contributed by atoms with Gasteiger partial charge in [0.1, 0.15) is 11.9 Å². The molecule has 186 valence electrons. The predicted octanol–water partition coefficient (Wildman–Crippen LogP) is 6.31. The zero-order chi connectivity index (χ0) is 25.5. The highest BCUT2D eigenvalue weighted by molar-refractivity contribution is 6.33. The van der Waals surface area contributed by atoms with Crippen molar-refractivity contribution in [1.29, 1.82) is 0 Å². The summed E-state index contributed by atoms with van der Waals surface area (Å²) in [5, 5.41) is 3.70. The van der Waals surface area contributed by atoms with Crippen LogP contribution in [0.3, 0.4) is 0 Å². The maximum atomic E-state index is 13.3. The van der Waals surface area contributed by atoms with Gasteiger partial charge in [0.25, 0.3) is 5.91 Å². The molecular weight excluding hydrogens is 458 g/mol. The molecule has 0 aromatic heterocycles. The quantitative estimate of drug-likeness (QED) is 0.496. The number of hydrogen-bond donors (Lipinski definition) is 1. The maximum absolute atomic E-state index is 13.3. The third-order valence-electron chi connectivity index (χ3n) is 7.94. The molecule has 0 saturated heterocycles. The number of ether oxygens (including phenoxy) is 1. The number of rotatable bonds is 5. The number of nitrogens with one attached hydrogen (secondary N) is 1. The largest absolute Gasteiger partial charge is 0.489 e. The molecule has 0 bridgehead atoms. The lowest BCUT2D eigenvalue weighted by atomic mass is 9.49. The van der Waals surface area contributed by atoms with Crippen molar-refractivity contribution in [2.75, 3.05) is 13.1 Å². The molecule has 5 nitrogen and oxygen atoms in total. The fourth-order valence-corrected chi connectivity index (χ4v) is 6.41. The Labute approximate surface area is 214 Å². The van der Waals surface area contributed by atoms with Crippen molar-refractivity contribution in [3.8, 4) is 5.75 Å². The lowest BCUT2D eigenvalue weighted by Gasteiger charge is -2.63. The Morgan fingerprint density at radius 2 is 1.74 bits per heavy atom. The lowest BCUT2D eigenvalue weighted by Crippen LogP contribution is -2.74. The van der Waals surface area contributed by atoms with Crippen LogP contribution in [0.1, 0.15) is 63.0 Å². The van der Waals surface area contributed by atoms with E-state index in [2.05, 4.69) is 68.7 Å². The van der Waals surface area contributed by atoms with Gasteiger partial charge in [0, 0.05) is 41.6 Å². The van der Waals surface area contributed by atoms with Crippen LogP contribution in [0.25, 0.3) is 4.85 Å². The average Bonchev–Trinajstić information content (AvgIpc) is 3.03. The summed E-state index contributed by atoms with van der Waals surface area (Å²) in [6, 6.07) is 11.8. The monoisotopic (exact) mass is 493 g/mol. The minimum atomic E-state index is -0.284. The number of hydrogen-bond acceptors (Lipinski definition) is 3. The molecule has 1 fully saturated rings. The second kappa shape index (κ2) is 9.48. The minimum Gasteiger partial charge on any atom is -0.489 e. The van der Waals surface area contributed by atoms with Crippen molar-refractivity contribution in [2.45, 2.75) is 72.6 Å². The van der Waals surface area contributed by atoms with E-state index >= 15 is 0 Å². The number of carbonyl (C=O) groups excluding carboxylic acids is 1. The molecule has 0 unspecified atom stereocenters. The van der Waals surface area contributed by atoms with Crippen LogP contribution in [0.15, 0.2) is 36.4 Å². The first-order valence-electron chi connectivity index (χ1n) is 12.5. The fraction of sp³-hybridized carbons (Fsp3) is 0.517. The highest BCUT2D eigenvalue weighted by atomic mass is 35.5. The summed E-state index contributed by atoms with van der Waals surface area (Å²) in [7, 11) is 0. The summed E-state index contributed by atoms with van der Waals surface area (Å²) >= 11 is 6.21. The van der Waals surface area contributed by atoms with E-state index in [0.29, 0.717) is 22.5 Å². The van der Waals surface area contributed by atoms with Gasteiger partial charge in [0.2, 0.25) is 5.69 Å². The Balaban J connectivity index is 1.47. The second-order valence-electron chi connectivity index (χ2n) is 11.4. The van der Waals surface area contributed by atoms with Gasteiger partial charge in [-0.2, -0.15) is 0 Å². The van der Waals surface area contributed by atoms with Crippen LogP contribution in [0, 0.1) is 17.4 Å². The number of carbonyl (C=O) groups is 1. The second-order valence-corrected chi connectivity index (χ2v) is 11.8. The van der Waals surface area contributed by atoms with E-state index in [0.717, 1.165) is 31.5 Å². The van der Waals surface area contributed by atoms with Crippen molar-refractivity contribution in [3.63, 3.8) is 0 Å². The van der Waals surface area contributed by atoms with Gasteiger partial charge in [0.05, 0.1) is 11.6 Å². The zero-order valence-electron chi connectivity index (χ0n) is 21.6. The van der Waals surface area contributed by atoms with E-state index in [1.54, 1.807) is 18.2 Å². The normalized spacial score (nSPS) is 22.9. The van der Waals surface area contributed by atoms with E-state index in [1.807, 2.05) is 6.07 Å². The van der Waals surface area contributed by atoms with Gasteiger partial charge in [0.15, 0.2) is 0 Å². The van der Waals surface area contributed by atoms with E-state index in [1.165, 1.54) is 11.1 Å². The zero-order valence-corrected chi connectivity index (χ0v) is 22.4. The number of benzene rings is 2. The summed E-state index contributed by atoms with van der Waals surface area (Å²) in [6.45, 7) is 22.3. The number of nitrogens with zero attached hydrogens (tertiary/aromatic N) is 2. The lowest BCUT2D eigenvalue weighted by molar-refractivity contribution is -0.164. The van der Waals surface area contributed by atoms with Crippen LogP contribution in [-0.2, 0) is 12.8 Å². The Morgan fingerprint density at radius 3 is 2.34 bits per heavy atom. The fourth-order valence-electron chi connectivity index (χ4n) is 6.20. The topological polar surface area (TPSA) is 45.9 Å². The Morgan fingerprint density at radius 1 is 1.09 bits per heavy atom. The summed E-state index contributed by atoms with van der Waals surface area (Å²) in [4.78, 5) is 19.3. The van der Waals surface area contributed by atoms with Crippen molar-refractivity contribution in [2.24, 2.45) is 10.8 Å². The van der Waals surface area contributed by atoms with Crippen LogP contribution >= 0.6 is 11.6 Å². The predicted molar refractivity (Wildman–Crippen MR) is 142 cm³/mol. The number of halogens is 1. The van der Waals surface area contributed by atoms with Gasteiger partial charge in [-0.25, -0.2) is 4.85 Å². The number of amides is 1. The molecule has 1 saturated carbocycles. The van der Waals surface area contributed by atoms with Crippen molar-refractivity contribution >= 4 is 23.2 Å². The third-order valence-corrected chi connectivity index (χ3v) is 8.25. The molecule has 2 aliphatic rings. The van der Waals surface area contributed by atoms with Crippen LogP contribution in [0.4, 0.5) is 5.69 Å². The van der Waals surface area contributed by atoms with E-state index in [4.69, 9.17) is 22.9 Å².